The molecule has 1 fully saturated rings. The van der Waals surface area contributed by atoms with E-state index in [1.54, 1.807) is 6.20 Å². The van der Waals surface area contributed by atoms with E-state index in [9.17, 15) is 0 Å². The zero-order valence-corrected chi connectivity index (χ0v) is 10.7. The van der Waals surface area contributed by atoms with Gasteiger partial charge in [0.25, 0.3) is 0 Å². The van der Waals surface area contributed by atoms with Gasteiger partial charge in [0.15, 0.2) is 0 Å². The summed E-state index contributed by atoms with van der Waals surface area (Å²) in [6, 6.07) is 8.49. The number of hydrogen-bond donors (Lipinski definition) is 2. The molecule has 0 spiro atoms. The largest absolute Gasteiger partial charge is 0.397 e. The highest BCUT2D eigenvalue weighted by Gasteiger charge is 2.23. The maximum atomic E-state index is 6.21. The van der Waals surface area contributed by atoms with Crippen molar-refractivity contribution in [1.82, 2.24) is 4.98 Å². The van der Waals surface area contributed by atoms with Gasteiger partial charge >= 0.3 is 0 Å². The molecule has 1 unspecified atom stereocenters. The van der Waals surface area contributed by atoms with Gasteiger partial charge in [0.1, 0.15) is 0 Å². The Bertz CT molecular complexity index is 561. The maximum absolute atomic E-state index is 6.21. The predicted molar refractivity (Wildman–Crippen MR) is 76.6 cm³/mol. The molecule has 3 nitrogen and oxygen atoms in total. The standard InChI is InChI=1S/C15H19N3/c1-10(9-11-4-5-11)18-14-7-6-13-12(15(14)16)3-2-8-17-13/h2-3,6-8,10-11,18H,4-5,9,16H2,1H3. The van der Waals surface area contributed by atoms with Crippen LogP contribution in [0.5, 0.6) is 0 Å². The Kier molecular flexibility index (Phi) is 2.82. The normalized spacial score (nSPS) is 16.7. The van der Waals surface area contributed by atoms with Gasteiger partial charge in [-0.25, -0.2) is 0 Å². The highest BCUT2D eigenvalue weighted by Crippen LogP contribution is 2.35. The van der Waals surface area contributed by atoms with Crippen LogP contribution in [0.15, 0.2) is 30.5 Å². The molecule has 18 heavy (non-hydrogen) atoms. The smallest absolute Gasteiger partial charge is 0.0724 e. The molecule has 1 aliphatic carbocycles. The molecular weight excluding hydrogens is 222 g/mol. The van der Waals surface area contributed by atoms with E-state index in [0.717, 1.165) is 28.2 Å². The molecule has 3 N–H and O–H groups in total. The van der Waals surface area contributed by atoms with Crippen LogP contribution in [-0.4, -0.2) is 11.0 Å². The van der Waals surface area contributed by atoms with Crippen LogP contribution in [0.3, 0.4) is 0 Å². The molecule has 0 amide bonds. The lowest BCUT2D eigenvalue weighted by Crippen LogP contribution is -2.16. The third kappa shape index (κ3) is 2.26. The molecule has 1 saturated carbocycles. The third-order valence-corrected chi connectivity index (χ3v) is 3.61. The summed E-state index contributed by atoms with van der Waals surface area (Å²) in [7, 11) is 0. The molecule has 3 rings (SSSR count). The minimum Gasteiger partial charge on any atom is -0.397 e. The van der Waals surface area contributed by atoms with Crippen molar-refractivity contribution in [2.24, 2.45) is 5.92 Å². The summed E-state index contributed by atoms with van der Waals surface area (Å²) in [5.41, 5.74) is 9.00. The summed E-state index contributed by atoms with van der Waals surface area (Å²) in [6.07, 6.45) is 5.82. The Morgan fingerprint density at radius 3 is 3.00 bits per heavy atom. The Hall–Kier alpha value is -1.77. The minimum atomic E-state index is 0.480. The number of fused-ring (bicyclic) bond motifs is 1. The van der Waals surface area contributed by atoms with Gasteiger partial charge in [-0.3, -0.25) is 4.98 Å². The fraction of sp³-hybridized carbons (Fsp3) is 0.400. The molecule has 0 radical (unpaired) electrons. The van der Waals surface area contributed by atoms with Crippen molar-refractivity contribution < 1.29 is 0 Å². The van der Waals surface area contributed by atoms with E-state index in [0.29, 0.717) is 6.04 Å². The van der Waals surface area contributed by atoms with Crippen molar-refractivity contribution in [1.29, 1.82) is 0 Å². The van der Waals surface area contributed by atoms with E-state index in [1.807, 2.05) is 24.3 Å². The number of benzene rings is 1. The molecule has 3 heteroatoms. The highest BCUT2D eigenvalue weighted by atomic mass is 14.9. The average Bonchev–Trinajstić information content (AvgIpc) is 3.17. The number of nitrogens with two attached hydrogens (primary N) is 1. The van der Waals surface area contributed by atoms with Gasteiger partial charge in [-0.05, 0) is 43.5 Å². The summed E-state index contributed by atoms with van der Waals surface area (Å²) in [4.78, 5) is 4.31. The van der Waals surface area contributed by atoms with Crippen molar-refractivity contribution in [2.75, 3.05) is 11.1 Å². The van der Waals surface area contributed by atoms with Crippen molar-refractivity contribution in [2.45, 2.75) is 32.2 Å². The molecule has 1 aromatic heterocycles. The zero-order valence-electron chi connectivity index (χ0n) is 10.7. The summed E-state index contributed by atoms with van der Waals surface area (Å²) >= 11 is 0. The molecule has 1 aromatic carbocycles. The van der Waals surface area contributed by atoms with Crippen LogP contribution in [-0.2, 0) is 0 Å². The molecule has 0 aliphatic heterocycles. The van der Waals surface area contributed by atoms with Crippen molar-refractivity contribution in [3.63, 3.8) is 0 Å². The van der Waals surface area contributed by atoms with E-state index in [1.165, 1.54) is 19.3 Å². The molecular formula is C15H19N3. The minimum absolute atomic E-state index is 0.480. The van der Waals surface area contributed by atoms with Crippen LogP contribution in [0.4, 0.5) is 11.4 Å². The fourth-order valence-electron chi connectivity index (χ4n) is 2.48. The number of rotatable bonds is 4. The number of nitrogen functional groups attached to an aromatic ring is 1. The summed E-state index contributed by atoms with van der Waals surface area (Å²) in [5, 5.41) is 4.55. The van der Waals surface area contributed by atoms with Gasteiger partial charge in [0, 0.05) is 17.6 Å². The Labute approximate surface area is 107 Å². The molecule has 1 heterocycles. The first kappa shape index (κ1) is 11.3. The molecule has 1 aliphatic rings. The number of nitrogens with one attached hydrogen (secondary N) is 1. The average molecular weight is 241 g/mol. The third-order valence-electron chi connectivity index (χ3n) is 3.61. The number of pyridine rings is 1. The summed E-state index contributed by atoms with van der Waals surface area (Å²) in [6.45, 7) is 2.23. The van der Waals surface area contributed by atoms with Crippen LogP contribution < -0.4 is 11.1 Å². The first-order valence-corrected chi connectivity index (χ1v) is 6.64. The number of aromatic nitrogens is 1. The summed E-state index contributed by atoms with van der Waals surface area (Å²) < 4.78 is 0. The van der Waals surface area contributed by atoms with E-state index >= 15 is 0 Å². The maximum Gasteiger partial charge on any atom is 0.0724 e. The predicted octanol–water partition coefficient (Wildman–Crippen LogP) is 3.42. The van der Waals surface area contributed by atoms with Gasteiger partial charge in [-0.1, -0.05) is 12.8 Å². The second-order valence-electron chi connectivity index (χ2n) is 5.32. The lowest BCUT2D eigenvalue weighted by atomic mass is 10.1. The van der Waals surface area contributed by atoms with E-state index in [2.05, 4.69) is 17.2 Å². The highest BCUT2D eigenvalue weighted by molar-refractivity contribution is 5.96. The number of hydrogen-bond acceptors (Lipinski definition) is 3. The monoisotopic (exact) mass is 241 g/mol. The van der Waals surface area contributed by atoms with Crippen molar-refractivity contribution in [3.8, 4) is 0 Å². The van der Waals surface area contributed by atoms with Crippen molar-refractivity contribution in [3.05, 3.63) is 30.5 Å². The van der Waals surface area contributed by atoms with Gasteiger partial charge in [0.2, 0.25) is 0 Å². The first-order valence-electron chi connectivity index (χ1n) is 6.64. The Balaban J connectivity index is 1.84. The second kappa shape index (κ2) is 4.48. The molecule has 0 saturated heterocycles. The van der Waals surface area contributed by atoms with Crippen LogP contribution in [0, 0.1) is 5.92 Å². The van der Waals surface area contributed by atoms with Crippen LogP contribution in [0.25, 0.3) is 10.9 Å². The molecule has 94 valence electrons. The quantitative estimate of drug-likeness (QED) is 0.806. The van der Waals surface area contributed by atoms with Crippen LogP contribution >= 0.6 is 0 Å². The Morgan fingerprint density at radius 2 is 2.22 bits per heavy atom. The zero-order chi connectivity index (χ0) is 12.5. The number of nitrogens with zero attached hydrogens (tertiary/aromatic N) is 1. The molecule has 2 aromatic rings. The SMILES string of the molecule is CC(CC1CC1)Nc1ccc2ncccc2c1N. The molecule has 0 bridgehead atoms. The van der Waals surface area contributed by atoms with E-state index in [4.69, 9.17) is 5.73 Å². The van der Waals surface area contributed by atoms with Gasteiger partial charge in [0.05, 0.1) is 16.9 Å². The summed E-state index contributed by atoms with van der Waals surface area (Å²) in [5.74, 6) is 0.927. The lowest BCUT2D eigenvalue weighted by Gasteiger charge is -2.17. The molecule has 1 atom stereocenters. The van der Waals surface area contributed by atoms with Gasteiger partial charge < -0.3 is 11.1 Å². The van der Waals surface area contributed by atoms with E-state index in [-0.39, 0.29) is 0 Å². The fourth-order valence-corrected chi connectivity index (χ4v) is 2.48. The van der Waals surface area contributed by atoms with Crippen molar-refractivity contribution >= 4 is 22.3 Å². The van der Waals surface area contributed by atoms with Crippen LogP contribution in [0.1, 0.15) is 26.2 Å². The van der Waals surface area contributed by atoms with Gasteiger partial charge in [-0.15, -0.1) is 0 Å². The van der Waals surface area contributed by atoms with Crippen LogP contribution in [0.2, 0.25) is 0 Å². The lowest BCUT2D eigenvalue weighted by molar-refractivity contribution is 0.642. The first-order chi connectivity index (χ1) is 8.74. The van der Waals surface area contributed by atoms with Gasteiger partial charge in [-0.2, -0.15) is 0 Å². The Morgan fingerprint density at radius 1 is 1.39 bits per heavy atom. The second-order valence-corrected chi connectivity index (χ2v) is 5.32. The topological polar surface area (TPSA) is 50.9 Å². The number of anilines is 2. The van der Waals surface area contributed by atoms with E-state index < -0.39 is 0 Å².